The summed E-state index contributed by atoms with van der Waals surface area (Å²) in [5, 5.41) is 4.88. The van der Waals surface area contributed by atoms with Crippen molar-refractivity contribution in [2.24, 2.45) is 4.99 Å². The van der Waals surface area contributed by atoms with Crippen molar-refractivity contribution >= 4 is 41.8 Å². The van der Waals surface area contributed by atoms with Crippen LogP contribution in [0.15, 0.2) is 94.8 Å². The average Bonchev–Trinajstić information content (AvgIpc) is 3.34. The third-order valence-corrected chi connectivity index (χ3v) is 7.87. The van der Waals surface area contributed by atoms with Gasteiger partial charge in [0.25, 0.3) is 0 Å². The van der Waals surface area contributed by atoms with E-state index in [0.717, 1.165) is 10.5 Å². The maximum atomic E-state index is 13.4. The van der Waals surface area contributed by atoms with E-state index < -0.39 is 59.1 Å². The van der Waals surface area contributed by atoms with Gasteiger partial charge in [0.2, 0.25) is 5.96 Å². The topological polar surface area (TPSA) is 151 Å². The summed E-state index contributed by atoms with van der Waals surface area (Å²) in [6.07, 6.45) is -5.02. The van der Waals surface area contributed by atoms with Crippen molar-refractivity contribution in [1.82, 2.24) is 10.6 Å². The van der Waals surface area contributed by atoms with Gasteiger partial charge in [-0.1, -0.05) is 65.9 Å². The summed E-state index contributed by atoms with van der Waals surface area (Å²) < 4.78 is 29.2. The minimum absolute atomic E-state index is 0.252. The zero-order chi connectivity index (χ0) is 36.5. The van der Waals surface area contributed by atoms with Gasteiger partial charge in [-0.3, -0.25) is 10.6 Å². The van der Waals surface area contributed by atoms with Crippen molar-refractivity contribution < 1.29 is 42.9 Å². The van der Waals surface area contributed by atoms with Crippen LogP contribution in [0, 0.1) is 6.92 Å². The van der Waals surface area contributed by atoms with E-state index in [2.05, 4.69) is 15.6 Å². The van der Waals surface area contributed by atoms with Crippen LogP contribution in [0.25, 0.3) is 0 Å². The summed E-state index contributed by atoms with van der Waals surface area (Å²) >= 11 is 1.29. The molecule has 4 rings (SSSR count). The molecule has 2 amide bonds. The molecule has 1 aliphatic rings. The first-order chi connectivity index (χ1) is 23.6. The van der Waals surface area contributed by atoms with Crippen LogP contribution in [0.2, 0.25) is 0 Å². The molecule has 2 N–H and O–H groups in total. The van der Waals surface area contributed by atoms with Crippen molar-refractivity contribution in [2.45, 2.75) is 88.3 Å². The fourth-order valence-corrected chi connectivity index (χ4v) is 5.68. The highest BCUT2D eigenvalue weighted by molar-refractivity contribution is 7.99. The number of nitrogens with one attached hydrogen (secondary N) is 2. The molecular weight excluding hydrogens is 662 g/mol. The van der Waals surface area contributed by atoms with Crippen LogP contribution in [-0.2, 0) is 23.7 Å². The van der Waals surface area contributed by atoms with Gasteiger partial charge in [-0.15, -0.1) is 0 Å². The molecule has 1 aliphatic heterocycles. The number of carbonyl (C=O) groups is 4. The molecule has 50 heavy (non-hydrogen) atoms. The van der Waals surface area contributed by atoms with Crippen LogP contribution in [-0.4, -0.2) is 71.6 Å². The van der Waals surface area contributed by atoms with E-state index in [4.69, 9.17) is 23.7 Å². The minimum atomic E-state index is -1.16. The Morgan fingerprint density at radius 1 is 0.700 bits per heavy atom. The molecule has 0 bridgehead atoms. The van der Waals surface area contributed by atoms with E-state index >= 15 is 0 Å². The Balaban J connectivity index is 1.70. The third kappa shape index (κ3) is 11.9. The van der Waals surface area contributed by atoms with Crippen molar-refractivity contribution in [1.29, 1.82) is 0 Å². The van der Waals surface area contributed by atoms with Crippen LogP contribution >= 0.6 is 11.8 Å². The summed E-state index contributed by atoms with van der Waals surface area (Å²) in [6.45, 7) is 11.8. The number of benzene rings is 3. The molecule has 266 valence electrons. The highest BCUT2D eigenvalue weighted by Crippen LogP contribution is 2.38. The number of amides is 2. The fraction of sp³-hybridized carbons (Fsp3) is 0.378. The van der Waals surface area contributed by atoms with Gasteiger partial charge in [-0.25, -0.2) is 24.2 Å². The van der Waals surface area contributed by atoms with Gasteiger partial charge in [-0.2, -0.15) is 0 Å². The van der Waals surface area contributed by atoms with Crippen LogP contribution in [0.5, 0.6) is 0 Å². The Kier molecular flexibility index (Phi) is 12.7. The van der Waals surface area contributed by atoms with Crippen molar-refractivity contribution in [3.63, 3.8) is 0 Å². The molecule has 1 fully saturated rings. The van der Waals surface area contributed by atoms with Crippen molar-refractivity contribution in [3.8, 4) is 0 Å². The fourth-order valence-electron chi connectivity index (χ4n) is 4.58. The Bertz CT molecular complexity index is 1620. The number of rotatable bonds is 8. The maximum Gasteiger partial charge on any atom is 0.414 e. The van der Waals surface area contributed by atoms with Gasteiger partial charge in [0, 0.05) is 4.90 Å². The van der Waals surface area contributed by atoms with E-state index in [9.17, 15) is 19.2 Å². The number of thioether (sulfide) groups is 1. The van der Waals surface area contributed by atoms with E-state index in [0.29, 0.717) is 5.56 Å². The molecule has 3 aromatic rings. The second-order valence-corrected chi connectivity index (χ2v) is 14.6. The van der Waals surface area contributed by atoms with E-state index in [1.807, 2.05) is 31.2 Å². The number of carbonyl (C=O) groups excluding carboxylic acids is 4. The zero-order valence-electron chi connectivity index (χ0n) is 29.1. The number of hydrogen-bond donors (Lipinski definition) is 2. The molecule has 4 atom stereocenters. The Hall–Kier alpha value is -4.88. The normalized spacial score (nSPS) is 18.7. The third-order valence-electron chi connectivity index (χ3n) is 6.71. The molecular formula is C37H43N3O9S. The van der Waals surface area contributed by atoms with Crippen LogP contribution in [0.1, 0.15) is 67.8 Å². The van der Waals surface area contributed by atoms with Gasteiger partial charge in [-0.05, 0) is 84.9 Å². The number of hydrogen-bond acceptors (Lipinski definition) is 11. The molecule has 1 saturated heterocycles. The van der Waals surface area contributed by atoms with Gasteiger partial charge < -0.3 is 23.7 Å². The number of nitrogens with zero attached hydrogens (tertiary/aromatic N) is 1. The average molecular weight is 706 g/mol. The summed E-state index contributed by atoms with van der Waals surface area (Å²) in [5.41, 5.74) is -0.910. The maximum absolute atomic E-state index is 13.4. The first-order valence-electron chi connectivity index (χ1n) is 16.0. The van der Waals surface area contributed by atoms with Crippen molar-refractivity contribution in [2.75, 3.05) is 6.54 Å². The number of aryl methyl sites for hydroxylation is 1. The minimum Gasteiger partial charge on any atom is -0.452 e. The largest absolute Gasteiger partial charge is 0.452 e. The van der Waals surface area contributed by atoms with Gasteiger partial charge >= 0.3 is 24.1 Å². The summed E-state index contributed by atoms with van der Waals surface area (Å²) in [6, 6.07) is 24.5. The first kappa shape index (κ1) is 37.9. The predicted octanol–water partition coefficient (Wildman–Crippen LogP) is 6.67. The highest BCUT2D eigenvalue weighted by Gasteiger charge is 2.50. The number of esters is 2. The van der Waals surface area contributed by atoms with Crippen molar-refractivity contribution in [3.05, 3.63) is 102 Å². The monoisotopic (exact) mass is 705 g/mol. The Morgan fingerprint density at radius 2 is 1.16 bits per heavy atom. The molecule has 3 aromatic carbocycles. The molecule has 0 spiro atoms. The molecule has 0 saturated carbocycles. The lowest BCUT2D eigenvalue weighted by atomic mass is 10.1. The van der Waals surface area contributed by atoms with Crippen LogP contribution in [0.4, 0.5) is 9.59 Å². The number of guanidine groups is 1. The molecule has 0 radical (unpaired) electrons. The molecule has 1 unspecified atom stereocenters. The smallest absolute Gasteiger partial charge is 0.414 e. The standard InChI is InChI=1S/C37H43N3O9S/c1-23-18-20-26(21-19-23)50-32-29(47-31(42)25-16-12-9-13-17-25)28(46-30(41)24-14-10-8-11-15-24)27(45-32)22-38-33(39-34(43)48-36(2,3)4)40-35(44)49-37(5,6)7/h8-21,27-29,32H,22H2,1-7H3,(H2,38,39,40,43,44)/t27-,28?,29+,32+/m1/s1. The number of alkyl carbamates (subject to hydrolysis) is 2. The molecule has 13 heteroatoms. The molecule has 12 nitrogen and oxygen atoms in total. The molecule has 0 aliphatic carbocycles. The molecule has 0 aromatic heterocycles. The number of ether oxygens (including phenoxy) is 5. The predicted molar refractivity (Wildman–Crippen MR) is 188 cm³/mol. The Morgan fingerprint density at radius 3 is 1.62 bits per heavy atom. The SMILES string of the molecule is Cc1ccc(S[C@@H]2O[C@H](CN=C(NC(=O)OC(C)(C)C)NC(=O)OC(C)(C)C)C(OC(=O)c3ccccc3)[C@@H]2OC(=O)c2ccccc2)cc1. The zero-order valence-corrected chi connectivity index (χ0v) is 29.9. The lowest BCUT2D eigenvalue weighted by Crippen LogP contribution is -2.48. The quantitative estimate of drug-likeness (QED) is 0.113. The Labute approximate surface area is 296 Å². The van der Waals surface area contributed by atoms with E-state index in [1.54, 1.807) is 102 Å². The first-order valence-corrected chi connectivity index (χ1v) is 16.9. The summed E-state index contributed by atoms with van der Waals surface area (Å²) in [4.78, 5) is 57.5. The highest BCUT2D eigenvalue weighted by atomic mass is 32.2. The van der Waals surface area contributed by atoms with Crippen LogP contribution < -0.4 is 10.6 Å². The lowest BCUT2D eigenvalue weighted by Gasteiger charge is -2.24. The second kappa shape index (κ2) is 16.7. The second-order valence-electron chi connectivity index (χ2n) is 13.4. The number of aliphatic imine (C=N–C) groups is 1. The van der Waals surface area contributed by atoms with E-state index in [-0.39, 0.29) is 18.1 Å². The van der Waals surface area contributed by atoms with Gasteiger partial charge in [0.15, 0.2) is 12.2 Å². The summed E-state index contributed by atoms with van der Waals surface area (Å²) in [7, 11) is 0. The molecule has 1 heterocycles. The van der Waals surface area contributed by atoms with Gasteiger partial charge in [0.1, 0.15) is 22.7 Å². The van der Waals surface area contributed by atoms with Crippen LogP contribution in [0.3, 0.4) is 0 Å². The lowest BCUT2D eigenvalue weighted by molar-refractivity contribution is -0.0279. The summed E-state index contributed by atoms with van der Waals surface area (Å²) in [5.74, 6) is -1.61. The van der Waals surface area contributed by atoms with E-state index in [1.165, 1.54) is 11.8 Å². The van der Waals surface area contributed by atoms with Gasteiger partial charge in [0.05, 0.1) is 17.7 Å².